The number of methoxy groups -OCH3 is 2. The van der Waals surface area contributed by atoms with E-state index in [1.54, 1.807) is 14.2 Å². The smallest absolute Gasteiger partial charge is 0.324 e. The number of carbonyl (C=O) groups excluding carboxylic acids is 1. The Labute approximate surface area is 155 Å². The Morgan fingerprint density at radius 2 is 1.81 bits per heavy atom. The fourth-order valence-electron chi connectivity index (χ4n) is 3.44. The molecule has 0 aliphatic carbocycles. The van der Waals surface area contributed by atoms with E-state index in [1.165, 1.54) is 5.56 Å². The number of urea groups is 1. The van der Waals surface area contributed by atoms with Crippen LogP contribution in [-0.4, -0.2) is 38.2 Å². The molecule has 0 spiro atoms. The van der Waals surface area contributed by atoms with Crippen molar-refractivity contribution in [1.29, 1.82) is 0 Å². The number of nitrogens with zero attached hydrogens (tertiary/aromatic N) is 2. The second kappa shape index (κ2) is 7.68. The second-order valence-electron chi connectivity index (χ2n) is 6.51. The summed E-state index contributed by atoms with van der Waals surface area (Å²) in [4.78, 5) is 16.9. The summed E-state index contributed by atoms with van der Waals surface area (Å²) >= 11 is 0. The van der Waals surface area contributed by atoms with Crippen molar-refractivity contribution in [2.45, 2.75) is 26.8 Å². The van der Waals surface area contributed by atoms with E-state index in [4.69, 9.17) is 9.47 Å². The van der Waals surface area contributed by atoms with Gasteiger partial charge in [-0.15, -0.1) is 0 Å². The van der Waals surface area contributed by atoms with Crippen molar-refractivity contribution < 1.29 is 14.3 Å². The Morgan fingerprint density at radius 1 is 1.12 bits per heavy atom. The number of rotatable bonds is 4. The Balaban J connectivity index is 1.84. The summed E-state index contributed by atoms with van der Waals surface area (Å²) in [6.45, 7) is 5.96. The normalized spacial score (nSPS) is 13.2. The lowest BCUT2D eigenvalue weighted by atomic mass is 9.99. The molecule has 0 saturated carbocycles. The van der Waals surface area contributed by atoms with E-state index in [1.807, 2.05) is 60.0 Å². The first-order chi connectivity index (χ1) is 12.6. The van der Waals surface area contributed by atoms with Gasteiger partial charge in [-0.2, -0.15) is 0 Å². The van der Waals surface area contributed by atoms with E-state index in [0.29, 0.717) is 25.4 Å². The molecule has 2 amide bonds. The highest BCUT2D eigenvalue weighted by molar-refractivity contribution is 5.92. The van der Waals surface area contributed by atoms with Crippen LogP contribution in [-0.2, 0) is 13.0 Å². The van der Waals surface area contributed by atoms with Crippen LogP contribution < -0.4 is 14.4 Å². The minimum Gasteiger partial charge on any atom is -0.493 e. The maximum atomic E-state index is 13.1. The zero-order chi connectivity index (χ0) is 18.7. The van der Waals surface area contributed by atoms with Gasteiger partial charge in [0.2, 0.25) is 0 Å². The summed E-state index contributed by atoms with van der Waals surface area (Å²) in [5.74, 6) is 1.44. The number of hydrogen-bond donors (Lipinski definition) is 0. The maximum absolute atomic E-state index is 13.1. The van der Waals surface area contributed by atoms with Gasteiger partial charge in [0.1, 0.15) is 0 Å². The number of fused-ring (bicyclic) bond motifs is 1. The molecule has 1 heterocycles. The summed E-state index contributed by atoms with van der Waals surface area (Å²) in [5, 5.41) is 0. The highest BCUT2D eigenvalue weighted by Gasteiger charge is 2.26. The highest BCUT2D eigenvalue weighted by atomic mass is 16.5. The molecule has 3 rings (SSSR count). The Morgan fingerprint density at radius 3 is 2.42 bits per heavy atom. The minimum atomic E-state index is 0.0403. The predicted molar refractivity (Wildman–Crippen MR) is 103 cm³/mol. The minimum absolute atomic E-state index is 0.0403. The van der Waals surface area contributed by atoms with Gasteiger partial charge in [0, 0.05) is 25.3 Å². The molecular weight excluding hydrogens is 328 g/mol. The van der Waals surface area contributed by atoms with E-state index < -0.39 is 0 Å². The summed E-state index contributed by atoms with van der Waals surface area (Å²) < 4.78 is 10.8. The monoisotopic (exact) mass is 354 g/mol. The summed E-state index contributed by atoms with van der Waals surface area (Å²) in [7, 11) is 3.27. The zero-order valence-electron chi connectivity index (χ0n) is 15.9. The van der Waals surface area contributed by atoms with Gasteiger partial charge >= 0.3 is 6.03 Å². The molecule has 138 valence electrons. The molecule has 0 aromatic heterocycles. The standard InChI is InChI=1S/C21H26N2O3/c1-5-23(18-8-6-7-15(2)11-18)21(24)22-10-9-16-12-19(25-3)20(26-4)13-17(16)14-22/h6-8,11-13H,5,9-10,14H2,1-4H3. The van der Waals surface area contributed by atoms with Crippen LogP contribution in [0.1, 0.15) is 23.6 Å². The van der Waals surface area contributed by atoms with Crippen LogP contribution in [0.2, 0.25) is 0 Å². The lowest BCUT2D eigenvalue weighted by molar-refractivity contribution is 0.199. The van der Waals surface area contributed by atoms with Crippen molar-refractivity contribution in [1.82, 2.24) is 4.90 Å². The average Bonchev–Trinajstić information content (AvgIpc) is 2.66. The van der Waals surface area contributed by atoms with Crippen molar-refractivity contribution in [3.05, 3.63) is 53.1 Å². The van der Waals surface area contributed by atoms with Crippen LogP contribution in [0.15, 0.2) is 36.4 Å². The quantitative estimate of drug-likeness (QED) is 0.833. The SMILES string of the molecule is CCN(C(=O)N1CCc2cc(OC)c(OC)cc2C1)c1cccc(C)c1. The van der Waals surface area contributed by atoms with Crippen molar-refractivity contribution >= 4 is 11.7 Å². The molecule has 0 N–H and O–H groups in total. The van der Waals surface area contributed by atoms with Crippen LogP contribution in [0.4, 0.5) is 10.5 Å². The average molecular weight is 354 g/mol. The van der Waals surface area contributed by atoms with E-state index in [0.717, 1.165) is 29.0 Å². The molecule has 0 atom stereocenters. The largest absolute Gasteiger partial charge is 0.493 e. The van der Waals surface area contributed by atoms with E-state index in [2.05, 4.69) is 0 Å². The second-order valence-corrected chi connectivity index (χ2v) is 6.51. The van der Waals surface area contributed by atoms with Crippen LogP contribution in [0.25, 0.3) is 0 Å². The topological polar surface area (TPSA) is 42.0 Å². The molecular formula is C21H26N2O3. The Kier molecular flexibility index (Phi) is 5.35. The first-order valence-electron chi connectivity index (χ1n) is 8.94. The molecule has 26 heavy (non-hydrogen) atoms. The first-order valence-corrected chi connectivity index (χ1v) is 8.94. The third kappa shape index (κ3) is 3.47. The predicted octanol–water partition coefficient (Wildman–Crippen LogP) is 4.02. The molecule has 1 aliphatic heterocycles. The number of anilines is 1. The van der Waals surface area contributed by atoms with Crippen molar-refractivity contribution in [2.24, 2.45) is 0 Å². The third-order valence-corrected chi connectivity index (χ3v) is 4.85. The number of amides is 2. The first kappa shape index (κ1) is 18.1. The van der Waals surface area contributed by atoms with Gasteiger partial charge < -0.3 is 14.4 Å². The van der Waals surface area contributed by atoms with Crippen molar-refractivity contribution in [3.8, 4) is 11.5 Å². The fraction of sp³-hybridized carbons (Fsp3) is 0.381. The molecule has 0 fully saturated rings. The zero-order valence-corrected chi connectivity index (χ0v) is 15.9. The van der Waals surface area contributed by atoms with Crippen molar-refractivity contribution in [3.63, 3.8) is 0 Å². The van der Waals surface area contributed by atoms with Gasteiger partial charge in [-0.25, -0.2) is 4.79 Å². The molecule has 2 aromatic rings. The van der Waals surface area contributed by atoms with Gasteiger partial charge in [0.25, 0.3) is 0 Å². The van der Waals surface area contributed by atoms with Crippen LogP contribution in [0.5, 0.6) is 11.5 Å². The number of benzene rings is 2. The summed E-state index contributed by atoms with van der Waals surface area (Å²) in [6.07, 6.45) is 0.812. The van der Waals surface area contributed by atoms with Crippen LogP contribution in [0.3, 0.4) is 0 Å². The molecule has 0 saturated heterocycles. The summed E-state index contributed by atoms with van der Waals surface area (Å²) in [6, 6.07) is 12.1. The highest BCUT2D eigenvalue weighted by Crippen LogP contribution is 2.33. The Hall–Kier alpha value is -2.69. The fourth-order valence-corrected chi connectivity index (χ4v) is 3.44. The molecule has 5 nitrogen and oxygen atoms in total. The molecule has 0 radical (unpaired) electrons. The van der Waals surface area contributed by atoms with Crippen molar-refractivity contribution in [2.75, 3.05) is 32.2 Å². The van der Waals surface area contributed by atoms with Gasteiger partial charge in [-0.05, 0) is 61.2 Å². The molecule has 2 aromatic carbocycles. The van der Waals surface area contributed by atoms with E-state index in [9.17, 15) is 4.79 Å². The Bertz CT molecular complexity index is 804. The molecule has 1 aliphatic rings. The third-order valence-electron chi connectivity index (χ3n) is 4.85. The lowest BCUT2D eigenvalue weighted by Crippen LogP contribution is -2.45. The molecule has 0 unspecified atom stereocenters. The van der Waals surface area contributed by atoms with E-state index >= 15 is 0 Å². The number of carbonyl (C=O) groups is 1. The van der Waals surface area contributed by atoms with Gasteiger partial charge in [-0.3, -0.25) is 4.90 Å². The van der Waals surface area contributed by atoms with Gasteiger partial charge in [0.15, 0.2) is 11.5 Å². The van der Waals surface area contributed by atoms with Crippen LogP contribution in [0, 0.1) is 6.92 Å². The molecule has 5 heteroatoms. The van der Waals surface area contributed by atoms with E-state index in [-0.39, 0.29) is 6.03 Å². The van der Waals surface area contributed by atoms with Gasteiger partial charge in [0.05, 0.1) is 14.2 Å². The number of ether oxygens (including phenoxy) is 2. The molecule has 0 bridgehead atoms. The lowest BCUT2D eigenvalue weighted by Gasteiger charge is -2.34. The maximum Gasteiger partial charge on any atom is 0.324 e. The van der Waals surface area contributed by atoms with Gasteiger partial charge in [-0.1, -0.05) is 12.1 Å². The summed E-state index contributed by atoms with van der Waals surface area (Å²) in [5.41, 5.74) is 4.41. The number of hydrogen-bond acceptors (Lipinski definition) is 3. The van der Waals surface area contributed by atoms with Crippen LogP contribution >= 0.6 is 0 Å². The number of aryl methyl sites for hydroxylation is 1.